The number of amides is 1. The maximum Gasteiger partial charge on any atom is 0.337 e. The van der Waals surface area contributed by atoms with Crippen LogP contribution in [-0.4, -0.2) is 17.0 Å². The summed E-state index contributed by atoms with van der Waals surface area (Å²) in [7, 11) is 0. The molecule has 0 aliphatic rings. The molecular weight excluding hydrogens is 320 g/mol. The van der Waals surface area contributed by atoms with E-state index in [2.05, 4.69) is 5.32 Å². The number of hydrogen-bond acceptors (Lipinski definition) is 2. The van der Waals surface area contributed by atoms with E-state index in [1.165, 1.54) is 24.3 Å². The number of hydrogen-bond donors (Lipinski definition) is 2. The van der Waals surface area contributed by atoms with Crippen molar-refractivity contribution in [3.05, 3.63) is 63.4 Å². The molecule has 108 valence electrons. The fraction of sp³-hybridized carbons (Fsp3) is 0. The molecule has 0 heterocycles. The summed E-state index contributed by atoms with van der Waals surface area (Å²) in [6.07, 6.45) is 0. The summed E-state index contributed by atoms with van der Waals surface area (Å²) in [5, 5.41) is 11.4. The van der Waals surface area contributed by atoms with Gasteiger partial charge in [-0.2, -0.15) is 0 Å². The molecule has 1 amide bonds. The molecule has 0 spiro atoms. The van der Waals surface area contributed by atoms with Crippen LogP contribution < -0.4 is 5.32 Å². The minimum atomic E-state index is -1.37. The van der Waals surface area contributed by atoms with Crippen molar-refractivity contribution in [1.82, 2.24) is 0 Å². The van der Waals surface area contributed by atoms with E-state index in [-0.39, 0.29) is 21.2 Å². The number of para-hydroxylation sites is 1. The smallest absolute Gasteiger partial charge is 0.337 e. The van der Waals surface area contributed by atoms with Crippen molar-refractivity contribution >= 4 is 40.8 Å². The number of carbonyl (C=O) groups excluding carboxylic acids is 1. The molecule has 2 N–H and O–H groups in total. The lowest BCUT2D eigenvalue weighted by Crippen LogP contribution is -2.17. The molecule has 0 radical (unpaired) electrons. The highest BCUT2D eigenvalue weighted by Gasteiger charge is 2.20. The summed E-state index contributed by atoms with van der Waals surface area (Å²) in [5.74, 6) is -3.03. The Morgan fingerprint density at radius 2 is 1.62 bits per heavy atom. The van der Waals surface area contributed by atoms with Gasteiger partial charge >= 0.3 is 5.97 Å². The standard InChI is InChI=1S/C14H8Cl2FNO3/c15-8-4-2-5-9(16)11(8)13(19)18-12-7(14(20)21)3-1-6-10(12)17/h1-6H,(H,18,19)(H,20,21). The van der Waals surface area contributed by atoms with E-state index in [1.807, 2.05) is 0 Å². The van der Waals surface area contributed by atoms with Gasteiger partial charge in [-0.15, -0.1) is 0 Å². The number of aromatic carboxylic acids is 1. The topological polar surface area (TPSA) is 66.4 Å². The van der Waals surface area contributed by atoms with Crippen molar-refractivity contribution in [2.24, 2.45) is 0 Å². The Hall–Kier alpha value is -2.11. The van der Waals surface area contributed by atoms with E-state index in [1.54, 1.807) is 6.07 Å². The number of anilines is 1. The summed E-state index contributed by atoms with van der Waals surface area (Å²) >= 11 is 11.8. The number of rotatable bonds is 3. The molecule has 0 saturated heterocycles. The van der Waals surface area contributed by atoms with Crippen LogP contribution >= 0.6 is 23.2 Å². The summed E-state index contributed by atoms with van der Waals surface area (Å²) in [5.41, 5.74) is -0.863. The normalized spacial score (nSPS) is 10.2. The maximum absolute atomic E-state index is 13.7. The number of nitrogens with one attached hydrogen (secondary N) is 1. The van der Waals surface area contributed by atoms with Gasteiger partial charge in [-0.1, -0.05) is 35.3 Å². The molecule has 7 heteroatoms. The minimum absolute atomic E-state index is 0.0552. The molecule has 0 saturated carbocycles. The fourth-order valence-corrected chi connectivity index (χ4v) is 2.29. The van der Waals surface area contributed by atoms with Gasteiger partial charge in [0, 0.05) is 0 Å². The number of carbonyl (C=O) groups is 2. The Kier molecular flexibility index (Phi) is 4.45. The van der Waals surface area contributed by atoms with Gasteiger partial charge in [-0.3, -0.25) is 4.79 Å². The lowest BCUT2D eigenvalue weighted by Gasteiger charge is -2.11. The first kappa shape index (κ1) is 15.3. The lowest BCUT2D eigenvalue weighted by molar-refractivity contribution is 0.0697. The molecule has 0 aliphatic heterocycles. The molecule has 2 aromatic rings. The molecular formula is C14H8Cl2FNO3. The number of halogens is 3. The highest BCUT2D eigenvalue weighted by Crippen LogP contribution is 2.27. The summed E-state index contributed by atoms with van der Waals surface area (Å²) in [4.78, 5) is 23.2. The Morgan fingerprint density at radius 3 is 2.19 bits per heavy atom. The zero-order chi connectivity index (χ0) is 15.6. The first-order valence-electron chi connectivity index (χ1n) is 5.69. The largest absolute Gasteiger partial charge is 0.478 e. The van der Waals surface area contributed by atoms with Crippen molar-refractivity contribution in [1.29, 1.82) is 0 Å². The second-order valence-electron chi connectivity index (χ2n) is 4.02. The predicted octanol–water partition coefficient (Wildman–Crippen LogP) is 4.08. The molecule has 0 atom stereocenters. The monoisotopic (exact) mass is 327 g/mol. The third kappa shape index (κ3) is 3.15. The number of carboxylic acid groups (broad SMARTS) is 1. The summed E-state index contributed by atoms with van der Waals surface area (Å²) in [6.45, 7) is 0. The lowest BCUT2D eigenvalue weighted by atomic mass is 10.1. The minimum Gasteiger partial charge on any atom is -0.478 e. The molecule has 0 aromatic heterocycles. The van der Waals surface area contributed by atoms with E-state index >= 15 is 0 Å². The van der Waals surface area contributed by atoms with E-state index < -0.39 is 23.4 Å². The van der Waals surface area contributed by atoms with Crippen molar-refractivity contribution in [3.63, 3.8) is 0 Å². The predicted molar refractivity (Wildman–Crippen MR) is 77.8 cm³/mol. The van der Waals surface area contributed by atoms with Gasteiger partial charge in [0.2, 0.25) is 0 Å². The van der Waals surface area contributed by atoms with Crippen LogP contribution in [0.1, 0.15) is 20.7 Å². The highest BCUT2D eigenvalue weighted by atomic mass is 35.5. The summed E-state index contributed by atoms with van der Waals surface area (Å²) < 4.78 is 13.7. The van der Waals surface area contributed by atoms with E-state index in [0.717, 1.165) is 6.07 Å². The fourth-order valence-electron chi connectivity index (χ4n) is 1.72. The molecule has 0 bridgehead atoms. The maximum atomic E-state index is 13.7. The van der Waals surface area contributed by atoms with Crippen LogP contribution in [0.5, 0.6) is 0 Å². The van der Waals surface area contributed by atoms with E-state index in [0.29, 0.717) is 0 Å². The van der Waals surface area contributed by atoms with E-state index in [4.69, 9.17) is 28.3 Å². The van der Waals surface area contributed by atoms with Crippen molar-refractivity contribution < 1.29 is 19.1 Å². The van der Waals surface area contributed by atoms with Crippen molar-refractivity contribution in [2.45, 2.75) is 0 Å². The van der Waals surface area contributed by atoms with Crippen LogP contribution in [0.3, 0.4) is 0 Å². The Labute approximate surface area is 129 Å². The van der Waals surface area contributed by atoms with Crippen LogP contribution in [0.15, 0.2) is 36.4 Å². The van der Waals surface area contributed by atoms with Crippen molar-refractivity contribution in [2.75, 3.05) is 5.32 Å². The second-order valence-corrected chi connectivity index (χ2v) is 4.83. The van der Waals surface area contributed by atoms with Gasteiger partial charge in [-0.05, 0) is 24.3 Å². The zero-order valence-electron chi connectivity index (χ0n) is 10.4. The van der Waals surface area contributed by atoms with Crippen LogP contribution in [0.4, 0.5) is 10.1 Å². The van der Waals surface area contributed by atoms with Crippen LogP contribution in [-0.2, 0) is 0 Å². The number of carboxylic acids is 1. The Morgan fingerprint density at radius 1 is 1.05 bits per heavy atom. The van der Waals surface area contributed by atoms with Gasteiger partial charge in [0.05, 0.1) is 26.9 Å². The van der Waals surface area contributed by atoms with Gasteiger partial charge in [0.25, 0.3) is 5.91 Å². The SMILES string of the molecule is O=C(O)c1cccc(F)c1NC(=O)c1c(Cl)cccc1Cl. The zero-order valence-corrected chi connectivity index (χ0v) is 11.9. The quantitative estimate of drug-likeness (QED) is 0.892. The third-order valence-corrected chi connectivity index (χ3v) is 3.30. The second kappa shape index (κ2) is 6.11. The van der Waals surface area contributed by atoms with Gasteiger partial charge in [0.1, 0.15) is 5.82 Å². The first-order chi connectivity index (χ1) is 9.91. The first-order valence-corrected chi connectivity index (χ1v) is 6.44. The molecule has 0 aliphatic carbocycles. The molecule has 2 aromatic carbocycles. The third-order valence-electron chi connectivity index (χ3n) is 2.67. The molecule has 21 heavy (non-hydrogen) atoms. The molecule has 4 nitrogen and oxygen atoms in total. The van der Waals surface area contributed by atoms with Crippen molar-refractivity contribution in [3.8, 4) is 0 Å². The summed E-state index contributed by atoms with van der Waals surface area (Å²) in [6, 6.07) is 7.89. The van der Waals surface area contributed by atoms with Crippen LogP contribution in [0, 0.1) is 5.82 Å². The molecule has 0 fully saturated rings. The average molecular weight is 328 g/mol. The molecule has 0 unspecified atom stereocenters. The van der Waals surface area contributed by atoms with Gasteiger partial charge < -0.3 is 10.4 Å². The highest BCUT2D eigenvalue weighted by molar-refractivity contribution is 6.40. The Balaban J connectivity index is 2.44. The van der Waals surface area contributed by atoms with Crippen LogP contribution in [0.2, 0.25) is 10.0 Å². The number of benzene rings is 2. The van der Waals surface area contributed by atoms with Crippen LogP contribution in [0.25, 0.3) is 0 Å². The van der Waals surface area contributed by atoms with E-state index in [9.17, 15) is 14.0 Å². The Bertz CT molecular complexity index is 714. The average Bonchev–Trinajstić information content (AvgIpc) is 2.40. The van der Waals surface area contributed by atoms with Gasteiger partial charge in [0.15, 0.2) is 0 Å². The van der Waals surface area contributed by atoms with Gasteiger partial charge in [-0.25, -0.2) is 9.18 Å². The molecule has 2 rings (SSSR count).